The van der Waals surface area contributed by atoms with Crippen LogP contribution in [0, 0.1) is 6.92 Å². The maximum atomic E-state index is 13.5. The number of carbonyl (C=O) groups excluding carboxylic acids is 1. The molecule has 134 valence electrons. The predicted octanol–water partition coefficient (Wildman–Crippen LogP) is 2.53. The van der Waals surface area contributed by atoms with Crippen molar-refractivity contribution in [3.63, 3.8) is 0 Å². The Hall–Kier alpha value is -3.10. The van der Waals surface area contributed by atoms with E-state index in [0.29, 0.717) is 22.8 Å². The molecule has 0 bridgehead atoms. The minimum Gasteiger partial charge on any atom is -0.349 e. The molecule has 1 N–H and O–H groups in total. The highest BCUT2D eigenvalue weighted by Gasteiger charge is 2.39. The van der Waals surface area contributed by atoms with E-state index in [0.717, 1.165) is 0 Å². The van der Waals surface area contributed by atoms with Gasteiger partial charge < -0.3 is 10.2 Å². The van der Waals surface area contributed by atoms with Crippen molar-refractivity contribution in [3.8, 4) is 0 Å². The fourth-order valence-electron chi connectivity index (χ4n) is 3.02. The average Bonchev–Trinajstić information content (AvgIpc) is 3.13. The van der Waals surface area contributed by atoms with E-state index in [1.54, 1.807) is 37.4 Å². The number of fused-ring (bicyclic) bond motifs is 1. The van der Waals surface area contributed by atoms with Gasteiger partial charge in [-0.05, 0) is 31.2 Å². The highest BCUT2D eigenvalue weighted by Crippen LogP contribution is 2.30. The third-order valence-corrected chi connectivity index (χ3v) is 4.27. The average molecular weight is 358 g/mol. The third-order valence-electron chi connectivity index (χ3n) is 4.27. The number of amides is 1. The van der Waals surface area contributed by atoms with Crippen LogP contribution in [0.5, 0.6) is 0 Å². The number of halogens is 2. The lowest BCUT2D eigenvalue weighted by Crippen LogP contribution is -2.26. The van der Waals surface area contributed by atoms with E-state index in [2.05, 4.69) is 20.4 Å². The van der Waals surface area contributed by atoms with Crippen LogP contribution in [-0.4, -0.2) is 44.5 Å². The SMILES string of the molecule is Cc1nc2ccc(N3CCC(F)(F)C3)nn2c1C(=O)Nc1cccnc1. The van der Waals surface area contributed by atoms with E-state index in [1.165, 1.54) is 15.6 Å². The van der Waals surface area contributed by atoms with Crippen LogP contribution in [-0.2, 0) is 0 Å². The summed E-state index contributed by atoms with van der Waals surface area (Å²) in [7, 11) is 0. The maximum Gasteiger partial charge on any atom is 0.276 e. The van der Waals surface area contributed by atoms with E-state index in [9.17, 15) is 13.6 Å². The van der Waals surface area contributed by atoms with E-state index in [-0.39, 0.29) is 31.1 Å². The van der Waals surface area contributed by atoms with Crippen molar-refractivity contribution in [1.82, 2.24) is 19.6 Å². The van der Waals surface area contributed by atoms with Gasteiger partial charge in [0.1, 0.15) is 5.82 Å². The molecule has 1 amide bonds. The molecule has 1 aliphatic heterocycles. The monoisotopic (exact) mass is 358 g/mol. The Kier molecular flexibility index (Phi) is 3.78. The molecule has 26 heavy (non-hydrogen) atoms. The van der Waals surface area contributed by atoms with Crippen molar-refractivity contribution >= 4 is 23.1 Å². The largest absolute Gasteiger partial charge is 0.349 e. The summed E-state index contributed by atoms with van der Waals surface area (Å²) in [5, 5.41) is 7.12. The number of nitrogens with zero attached hydrogens (tertiary/aromatic N) is 5. The molecule has 0 aliphatic carbocycles. The summed E-state index contributed by atoms with van der Waals surface area (Å²) in [4.78, 5) is 22.5. The maximum absolute atomic E-state index is 13.5. The number of carbonyl (C=O) groups is 1. The first kappa shape index (κ1) is 16.4. The van der Waals surface area contributed by atoms with E-state index < -0.39 is 5.92 Å². The van der Waals surface area contributed by atoms with Crippen molar-refractivity contribution in [2.75, 3.05) is 23.3 Å². The first-order valence-corrected chi connectivity index (χ1v) is 8.13. The lowest BCUT2D eigenvalue weighted by Gasteiger charge is -2.17. The van der Waals surface area contributed by atoms with Gasteiger partial charge in [0.15, 0.2) is 11.3 Å². The molecular formula is C17H16F2N6O. The minimum absolute atomic E-state index is 0.204. The summed E-state index contributed by atoms with van der Waals surface area (Å²) in [5.41, 5.74) is 1.79. The molecule has 1 aliphatic rings. The Morgan fingerprint density at radius 1 is 1.31 bits per heavy atom. The summed E-state index contributed by atoms with van der Waals surface area (Å²) < 4.78 is 28.4. The fraction of sp³-hybridized carbons (Fsp3) is 0.294. The number of aryl methyl sites for hydroxylation is 1. The van der Waals surface area contributed by atoms with Crippen LogP contribution in [0.2, 0.25) is 0 Å². The number of imidazole rings is 1. The highest BCUT2D eigenvalue weighted by molar-refractivity contribution is 6.04. The van der Waals surface area contributed by atoms with Crippen molar-refractivity contribution < 1.29 is 13.6 Å². The van der Waals surface area contributed by atoms with Gasteiger partial charge in [-0.1, -0.05) is 0 Å². The van der Waals surface area contributed by atoms with E-state index in [4.69, 9.17) is 0 Å². The summed E-state index contributed by atoms with van der Waals surface area (Å²) in [6.07, 6.45) is 2.93. The molecule has 0 spiro atoms. The number of hydrogen-bond donors (Lipinski definition) is 1. The summed E-state index contributed by atoms with van der Waals surface area (Å²) in [5.74, 6) is -2.72. The van der Waals surface area contributed by atoms with Crippen LogP contribution in [0.4, 0.5) is 20.3 Å². The quantitative estimate of drug-likeness (QED) is 0.779. The lowest BCUT2D eigenvalue weighted by atomic mass is 10.3. The first-order valence-electron chi connectivity index (χ1n) is 8.13. The lowest BCUT2D eigenvalue weighted by molar-refractivity contribution is 0.0256. The zero-order chi connectivity index (χ0) is 18.3. The van der Waals surface area contributed by atoms with Crippen molar-refractivity contribution in [2.24, 2.45) is 0 Å². The number of rotatable bonds is 3. The molecule has 4 heterocycles. The van der Waals surface area contributed by atoms with Gasteiger partial charge in [0, 0.05) is 19.2 Å². The first-order chi connectivity index (χ1) is 12.4. The third kappa shape index (κ3) is 2.96. The Bertz CT molecular complexity index is 972. The molecule has 4 rings (SSSR count). The molecule has 1 saturated heterocycles. The normalized spacial score (nSPS) is 16.2. The molecule has 0 unspecified atom stereocenters. The van der Waals surface area contributed by atoms with Gasteiger partial charge >= 0.3 is 0 Å². The Balaban J connectivity index is 1.69. The summed E-state index contributed by atoms with van der Waals surface area (Å²) in [6, 6.07) is 6.74. The Labute approximate surface area is 147 Å². The predicted molar refractivity (Wildman–Crippen MR) is 91.7 cm³/mol. The molecule has 1 fully saturated rings. The number of nitrogens with one attached hydrogen (secondary N) is 1. The van der Waals surface area contributed by atoms with Crippen LogP contribution in [0.3, 0.4) is 0 Å². The van der Waals surface area contributed by atoms with Gasteiger partial charge in [-0.15, -0.1) is 5.10 Å². The molecule has 3 aromatic heterocycles. The second-order valence-corrected chi connectivity index (χ2v) is 6.23. The molecule has 7 nitrogen and oxygen atoms in total. The zero-order valence-corrected chi connectivity index (χ0v) is 14.0. The second-order valence-electron chi connectivity index (χ2n) is 6.23. The molecule has 0 aromatic carbocycles. The molecule has 3 aromatic rings. The minimum atomic E-state index is -2.72. The summed E-state index contributed by atoms with van der Waals surface area (Å²) in [6.45, 7) is 1.54. The van der Waals surface area contributed by atoms with Gasteiger partial charge in [0.25, 0.3) is 11.8 Å². The van der Waals surface area contributed by atoms with E-state index >= 15 is 0 Å². The number of hydrogen-bond acceptors (Lipinski definition) is 5. The standard InChI is InChI=1S/C17H16F2N6O/c1-11-15(16(26)22-12-3-2-7-20-9-12)25-13(21-11)4-5-14(23-25)24-8-6-17(18,19)10-24/h2-5,7,9H,6,8,10H2,1H3,(H,22,26). The zero-order valence-electron chi connectivity index (χ0n) is 14.0. The van der Waals surface area contributed by atoms with Gasteiger partial charge in [-0.25, -0.2) is 18.3 Å². The topological polar surface area (TPSA) is 75.4 Å². The number of alkyl halides is 2. The van der Waals surface area contributed by atoms with Crippen LogP contribution < -0.4 is 10.2 Å². The fourth-order valence-corrected chi connectivity index (χ4v) is 3.02. The van der Waals surface area contributed by atoms with Gasteiger partial charge in [0.05, 0.1) is 24.1 Å². The van der Waals surface area contributed by atoms with Crippen LogP contribution in [0.1, 0.15) is 22.6 Å². The van der Waals surface area contributed by atoms with Crippen LogP contribution >= 0.6 is 0 Å². The van der Waals surface area contributed by atoms with Gasteiger partial charge in [-0.3, -0.25) is 9.78 Å². The van der Waals surface area contributed by atoms with E-state index in [1.807, 2.05) is 0 Å². The molecule has 0 atom stereocenters. The number of pyridine rings is 1. The molecule has 9 heteroatoms. The number of aromatic nitrogens is 4. The number of anilines is 2. The van der Waals surface area contributed by atoms with Gasteiger partial charge in [0.2, 0.25) is 0 Å². The van der Waals surface area contributed by atoms with Crippen molar-refractivity contribution in [1.29, 1.82) is 0 Å². The van der Waals surface area contributed by atoms with Crippen molar-refractivity contribution in [2.45, 2.75) is 19.3 Å². The Morgan fingerprint density at radius 3 is 2.85 bits per heavy atom. The molecule has 0 radical (unpaired) electrons. The highest BCUT2D eigenvalue weighted by atomic mass is 19.3. The Morgan fingerprint density at radius 2 is 2.15 bits per heavy atom. The van der Waals surface area contributed by atoms with Crippen LogP contribution in [0.25, 0.3) is 5.65 Å². The van der Waals surface area contributed by atoms with Crippen molar-refractivity contribution in [3.05, 3.63) is 48.0 Å². The van der Waals surface area contributed by atoms with Crippen LogP contribution in [0.15, 0.2) is 36.7 Å². The molecule has 0 saturated carbocycles. The summed E-state index contributed by atoms with van der Waals surface area (Å²) >= 11 is 0. The van der Waals surface area contributed by atoms with Gasteiger partial charge in [-0.2, -0.15) is 0 Å². The second kappa shape index (κ2) is 6.01. The molecular weight excluding hydrogens is 342 g/mol. The smallest absolute Gasteiger partial charge is 0.276 e.